The minimum Gasteiger partial charge on any atom is -0.313 e. The maximum absolute atomic E-state index is 12.8. The van der Waals surface area contributed by atoms with Crippen molar-refractivity contribution in [3.05, 3.63) is 29.3 Å². The molecule has 118 valence electrons. The van der Waals surface area contributed by atoms with Crippen LogP contribution >= 0.6 is 0 Å². The molecule has 1 saturated heterocycles. The Morgan fingerprint density at radius 1 is 1.38 bits per heavy atom. The SMILES string of the molecule is Cc1c(C(F)(F)F)cccc1S(=O)(=O)NCC1CCCN1. The molecule has 1 atom stereocenters. The van der Waals surface area contributed by atoms with Crippen LogP contribution in [0, 0.1) is 6.92 Å². The number of benzene rings is 1. The molecule has 21 heavy (non-hydrogen) atoms. The van der Waals surface area contributed by atoms with Crippen LogP contribution in [0.3, 0.4) is 0 Å². The molecule has 1 aliphatic rings. The van der Waals surface area contributed by atoms with Crippen LogP contribution in [-0.4, -0.2) is 27.5 Å². The summed E-state index contributed by atoms with van der Waals surface area (Å²) in [5.74, 6) is 0. The van der Waals surface area contributed by atoms with Gasteiger partial charge in [0, 0.05) is 12.6 Å². The van der Waals surface area contributed by atoms with Crippen LogP contribution in [0.1, 0.15) is 24.0 Å². The summed E-state index contributed by atoms with van der Waals surface area (Å²) in [6, 6.07) is 3.21. The molecule has 1 fully saturated rings. The summed E-state index contributed by atoms with van der Waals surface area (Å²) >= 11 is 0. The maximum atomic E-state index is 12.8. The number of nitrogens with one attached hydrogen (secondary N) is 2. The zero-order valence-electron chi connectivity index (χ0n) is 11.5. The Hall–Kier alpha value is -1.12. The number of alkyl halides is 3. The molecule has 1 aromatic rings. The number of hydrogen-bond donors (Lipinski definition) is 2. The molecule has 1 aliphatic heterocycles. The van der Waals surface area contributed by atoms with Crippen molar-refractivity contribution < 1.29 is 21.6 Å². The molecule has 0 spiro atoms. The largest absolute Gasteiger partial charge is 0.416 e. The lowest BCUT2D eigenvalue weighted by Gasteiger charge is -2.16. The first kappa shape index (κ1) is 16.3. The van der Waals surface area contributed by atoms with Crippen LogP contribution in [0.4, 0.5) is 13.2 Å². The zero-order chi connectivity index (χ0) is 15.7. The third-order valence-corrected chi connectivity index (χ3v) is 5.13. The third-order valence-electron chi connectivity index (χ3n) is 3.56. The quantitative estimate of drug-likeness (QED) is 0.892. The fraction of sp³-hybridized carbons (Fsp3) is 0.538. The first-order valence-electron chi connectivity index (χ1n) is 6.61. The van der Waals surface area contributed by atoms with Gasteiger partial charge in [-0.3, -0.25) is 0 Å². The Morgan fingerprint density at radius 3 is 2.67 bits per heavy atom. The van der Waals surface area contributed by atoms with Crippen molar-refractivity contribution in [2.75, 3.05) is 13.1 Å². The molecule has 8 heteroatoms. The zero-order valence-corrected chi connectivity index (χ0v) is 12.3. The lowest BCUT2D eigenvalue weighted by atomic mass is 10.1. The van der Waals surface area contributed by atoms with Gasteiger partial charge in [-0.2, -0.15) is 13.2 Å². The van der Waals surface area contributed by atoms with Crippen molar-refractivity contribution in [1.82, 2.24) is 10.0 Å². The molecule has 0 aliphatic carbocycles. The molecule has 1 aromatic carbocycles. The third kappa shape index (κ3) is 3.75. The van der Waals surface area contributed by atoms with Crippen LogP contribution in [0.25, 0.3) is 0 Å². The van der Waals surface area contributed by atoms with Crippen LogP contribution in [0.15, 0.2) is 23.1 Å². The van der Waals surface area contributed by atoms with E-state index in [1.54, 1.807) is 0 Å². The van der Waals surface area contributed by atoms with Crippen LogP contribution in [0.2, 0.25) is 0 Å². The van der Waals surface area contributed by atoms with Crippen molar-refractivity contribution in [1.29, 1.82) is 0 Å². The molecule has 2 N–H and O–H groups in total. The minimum absolute atomic E-state index is 0.0332. The molecule has 0 saturated carbocycles. The van der Waals surface area contributed by atoms with Crippen molar-refractivity contribution in [3.63, 3.8) is 0 Å². The highest BCUT2D eigenvalue weighted by Gasteiger charge is 2.34. The number of sulfonamides is 1. The first-order valence-corrected chi connectivity index (χ1v) is 8.10. The number of hydrogen-bond acceptors (Lipinski definition) is 3. The Balaban J connectivity index is 2.23. The van der Waals surface area contributed by atoms with Gasteiger partial charge in [-0.1, -0.05) is 6.07 Å². The smallest absolute Gasteiger partial charge is 0.313 e. The van der Waals surface area contributed by atoms with Gasteiger partial charge in [0.2, 0.25) is 10.0 Å². The Bertz CT molecular complexity index is 608. The van der Waals surface area contributed by atoms with E-state index >= 15 is 0 Å². The van der Waals surface area contributed by atoms with Gasteiger partial charge in [-0.05, 0) is 44.0 Å². The lowest BCUT2D eigenvalue weighted by Crippen LogP contribution is -2.37. The van der Waals surface area contributed by atoms with E-state index < -0.39 is 21.8 Å². The summed E-state index contributed by atoms with van der Waals surface area (Å²) in [7, 11) is -3.95. The summed E-state index contributed by atoms with van der Waals surface area (Å²) < 4.78 is 65.2. The van der Waals surface area contributed by atoms with E-state index in [9.17, 15) is 21.6 Å². The van der Waals surface area contributed by atoms with Gasteiger partial charge in [0.1, 0.15) is 0 Å². The highest BCUT2D eigenvalue weighted by molar-refractivity contribution is 7.89. The lowest BCUT2D eigenvalue weighted by molar-refractivity contribution is -0.138. The van der Waals surface area contributed by atoms with Crippen LogP contribution in [-0.2, 0) is 16.2 Å². The molecular weight excluding hydrogens is 305 g/mol. The fourth-order valence-corrected chi connectivity index (χ4v) is 3.78. The van der Waals surface area contributed by atoms with Crippen LogP contribution in [0.5, 0.6) is 0 Å². The normalized spacial score (nSPS) is 19.9. The van der Waals surface area contributed by atoms with Crippen molar-refractivity contribution in [3.8, 4) is 0 Å². The molecule has 0 aromatic heterocycles. The Morgan fingerprint density at radius 2 is 2.10 bits per heavy atom. The molecular formula is C13H17F3N2O2S. The first-order chi connectivity index (χ1) is 9.72. The number of halogens is 3. The number of rotatable bonds is 4. The second-order valence-corrected chi connectivity index (χ2v) is 6.81. The average Bonchev–Trinajstić information content (AvgIpc) is 2.88. The second kappa shape index (κ2) is 5.94. The average molecular weight is 322 g/mol. The van der Waals surface area contributed by atoms with Crippen molar-refractivity contribution in [2.24, 2.45) is 0 Å². The molecule has 2 rings (SSSR count). The van der Waals surface area contributed by atoms with Gasteiger partial charge in [-0.25, -0.2) is 13.1 Å². The molecule has 4 nitrogen and oxygen atoms in total. The second-order valence-electron chi connectivity index (χ2n) is 5.07. The van der Waals surface area contributed by atoms with Gasteiger partial charge >= 0.3 is 6.18 Å². The van der Waals surface area contributed by atoms with Gasteiger partial charge < -0.3 is 5.32 Å². The van der Waals surface area contributed by atoms with E-state index in [2.05, 4.69) is 10.0 Å². The summed E-state index contributed by atoms with van der Waals surface area (Å²) in [6.07, 6.45) is -2.75. The van der Waals surface area contributed by atoms with Crippen LogP contribution < -0.4 is 10.0 Å². The maximum Gasteiger partial charge on any atom is 0.416 e. The highest BCUT2D eigenvalue weighted by atomic mass is 32.2. The van der Waals surface area contributed by atoms with Crippen molar-refractivity contribution in [2.45, 2.75) is 36.9 Å². The van der Waals surface area contributed by atoms with E-state index in [1.807, 2.05) is 0 Å². The summed E-state index contributed by atoms with van der Waals surface area (Å²) in [5, 5.41) is 3.12. The van der Waals surface area contributed by atoms with Gasteiger partial charge in [0.15, 0.2) is 0 Å². The Kier molecular flexibility index (Phi) is 4.60. The summed E-state index contributed by atoms with van der Waals surface area (Å²) in [6.45, 7) is 2.18. The van der Waals surface area contributed by atoms with E-state index in [0.29, 0.717) is 0 Å². The molecule has 0 amide bonds. The van der Waals surface area contributed by atoms with E-state index in [4.69, 9.17) is 0 Å². The summed E-state index contributed by atoms with van der Waals surface area (Å²) in [4.78, 5) is -0.324. The van der Waals surface area contributed by atoms with Crippen molar-refractivity contribution >= 4 is 10.0 Å². The molecule has 1 unspecified atom stereocenters. The van der Waals surface area contributed by atoms with E-state index in [-0.39, 0.29) is 23.0 Å². The van der Waals surface area contributed by atoms with E-state index in [1.165, 1.54) is 13.0 Å². The van der Waals surface area contributed by atoms with Gasteiger partial charge in [0.25, 0.3) is 0 Å². The fourth-order valence-electron chi connectivity index (χ4n) is 2.43. The summed E-state index contributed by atoms with van der Waals surface area (Å²) in [5.41, 5.74) is -1.21. The topological polar surface area (TPSA) is 58.2 Å². The Labute approximate surface area is 121 Å². The standard InChI is InChI=1S/C13H17F3N2O2S/c1-9-11(13(14,15)16)5-2-6-12(9)21(19,20)18-8-10-4-3-7-17-10/h2,5-6,10,17-18H,3-4,7-8H2,1H3. The van der Waals surface area contributed by atoms with Gasteiger partial charge in [0.05, 0.1) is 10.5 Å². The molecule has 1 heterocycles. The molecule has 0 radical (unpaired) electrons. The monoisotopic (exact) mass is 322 g/mol. The minimum atomic E-state index is -4.57. The predicted octanol–water partition coefficient (Wildman–Crippen LogP) is 2.04. The van der Waals surface area contributed by atoms with E-state index in [0.717, 1.165) is 31.5 Å². The van der Waals surface area contributed by atoms with Gasteiger partial charge in [-0.15, -0.1) is 0 Å². The highest BCUT2D eigenvalue weighted by Crippen LogP contribution is 2.34. The predicted molar refractivity (Wildman–Crippen MR) is 72.4 cm³/mol. The molecule has 0 bridgehead atoms.